The number of halogens is 1. The lowest BCUT2D eigenvalue weighted by molar-refractivity contribution is 0.429. The SMILES string of the molecule is Cc1ccc(-c2noc(-c3nn(-c4cccc(F)c4)ccc3=O)n2)cc1. The highest BCUT2D eigenvalue weighted by Crippen LogP contribution is 2.20. The first kappa shape index (κ1) is 15.9. The van der Waals surface area contributed by atoms with Gasteiger partial charge >= 0.3 is 0 Å². The van der Waals surface area contributed by atoms with Crippen LogP contribution in [0.4, 0.5) is 4.39 Å². The lowest BCUT2D eigenvalue weighted by Gasteiger charge is -2.05. The van der Waals surface area contributed by atoms with Gasteiger partial charge in [0.2, 0.25) is 11.3 Å². The summed E-state index contributed by atoms with van der Waals surface area (Å²) < 4.78 is 20.0. The van der Waals surface area contributed by atoms with E-state index in [0.29, 0.717) is 11.5 Å². The Bertz CT molecular complexity index is 1130. The molecule has 2 aromatic heterocycles. The number of rotatable bonds is 3. The summed E-state index contributed by atoms with van der Waals surface area (Å²) in [5.74, 6) is -0.0253. The molecule has 0 atom stereocenters. The summed E-state index contributed by atoms with van der Waals surface area (Å²) in [5, 5.41) is 8.13. The molecule has 0 fully saturated rings. The van der Waals surface area contributed by atoms with Crippen LogP contribution < -0.4 is 5.43 Å². The molecule has 0 saturated carbocycles. The van der Waals surface area contributed by atoms with E-state index in [1.165, 1.54) is 29.1 Å². The van der Waals surface area contributed by atoms with Crippen molar-refractivity contribution in [2.45, 2.75) is 6.92 Å². The van der Waals surface area contributed by atoms with Crippen molar-refractivity contribution in [3.8, 4) is 28.7 Å². The van der Waals surface area contributed by atoms with Gasteiger partial charge in [0.15, 0.2) is 5.69 Å². The highest BCUT2D eigenvalue weighted by atomic mass is 19.1. The van der Waals surface area contributed by atoms with E-state index in [1.807, 2.05) is 31.2 Å². The molecule has 0 N–H and O–H groups in total. The molecule has 0 bridgehead atoms. The fourth-order valence-corrected chi connectivity index (χ4v) is 2.46. The number of benzene rings is 2. The minimum atomic E-state index is -0.399. The molecule has 0 amide bonds. The van der Waals surface area contributed by atoms with Crippen molar-refractivity contribution in [1.82, 2.24) is 19.9 Å². The third-order valence-electron chi connectivity index (χ3n) is 3.82. The van der Waals surface area contributed by atoms with Crippen LogP contribution in [0.15, 0.2) is 70.1 Å². The maximum absolute atomic E-state index is 13.4. The molecule has 7 heteroatoms. The fraction of sp³-hybridized carbons (Fsp3) is 0.0526. The molecule has 26 heavy (non-hydrogen) atoms. The van der Waals surface area contributed by atoms with Gasteiger partial charge in [-0.3, -0.25) is 4.79 Å². The summed E-state index contributed by atoms with van der Waals surface area (Å²) in [4.78, 5) is 16.4. The maximum atomic E-state index is 13.4. The maximum Gasteiger partial charge on any atom is 0.282 e. The van der Waals surface area contributed by atoms with E-state index in [-0.39, 0.29) is 17.0 Å². The average Bonchev–Trinajstić information content (AvgIpc) is 3.12. The van der Waals surface area contributed by atoms with E-state index >= 15 is 0 Å². The lowest BCUT2D eigenvalue weighted by atomic mass is 10.1. The molecule has 128 valence electrons. The van der Waals surface area contributed by atoms with Gasteiger partial charge in [-0.15, -0.1) is 0 Å². The van der Waals surface area contributed by atoms with Crippen molar-refractivity contribution in [2.75, 3.05) is 0 Å². The molecule has 0 spiro atoms. The molecule has 4 aromatic rings. The Hall–Kier alpha value is -3.61. The molecule has 2 aromatic carbocycles. The lowest BCUT2D eigenvalue weighted by Crippen LogP contribution is -2.12. The number of aryl methyl sites for hydroxylation is 1. The quantitative estimate of drug-likeness (QED) is 0.567. The summed E-state index contributed by atoms with van der Waals surface area (Å²) in [6.45, 7) is 1.98. The van der Waals surface area contributed by atoms with E-state index < -0.39 is 5.82 Å². The first-order valence-electron chi connectivity index (χ1n) is 7.87. The Kier molecular flexibility index (Phi) is 3.89. The monoisotopic (exact) mass is 348 g/mol. The van der Waals surface area contributed by atoms with Gasteiger partial charge in [-0.25, -0.2) is 9.07 Å². The van der Waals surface area contributed by atoms with Gasteiger partial charge in [-0.2, -0.15) is 10.1 Å². The Labute approximate surface area is 147 Å². The second-order valence-corrected chi connectivity index (χ2v) is 5.74. The third-order valence-corrected chi connectivity index (χ3v) is 3.82. The standard InChI is InChI=1S/C19H13FN4O2/c1-12-5-7-13(8-6-12)18-21-19(26-23-18)17-16(25)9-10-24(22-17)15-4-2-3-14(20)11-15/h2-11H,1H3. The minimum Gasteiger partial charge on any atom is -0.332 e. The molecule has 4 rings (SSSR count). The van der Waals surface area contributed by atoms with Crippen molar-refractivity contribution >= 4 is 0 Å². The van der Waals surface area contributed by atoms with Crippen molar-refractivity contribution in [3.05, 3.63) is 82.4 Å². The molecule has 2 heterocycles. The first-order chi connectivity index (χ1) is 12.6. The topological polar surface area (TPSA) is 73.8 Å². The zero-order chi connectivity index (χ0) is 18.1. The predicted octanol–water partition coefficient (Wildman–Crippen LogP) is 3.40. The minimum absolute atomic E-state index is 0.00243. The number of nitrogens with zero attached hydrogens (tertiary/aromatic N) is 4. The number of hydrogen-bond acceptors (Lipinski definition) is 5. The first-order valence-corrected chi connectivity index (χ1v) is 7.87. The van der Waals surface area contributed by atoms with Crippen LogP contribution in [0.3, 0.4) is 0 Å². The predicted molar refractivity (Wildman–Crippen MR) is 93.3 cm³/mol. The van der Waals surface area contributed by atoms with Gasteiger partial charge < -0.3 is 4.52 Å². The second kappa shape index (κ2) is 6.36. The Morgan fingerprint density at radius 1 is 1.08 bits per heavy atom. The molecular weight excluding hydrogens is 335 g/mol. The molecule has 0 radical (unpaired) electrons. The fourth-order valence-electron chi connectivity index (χ4n) is 2.46. The van der Waals surface area contributed by atoms with Crippen molar-refractivity contribution in [2.24, 2.45) is 0 Å². The summed E-state index contributed by atoms with van der Waals surface area (Å²) in [6.07, 6.45) is 1.46. The normalized spacial score (nSPS) is 10.8. The Balaban J connectivity index is 1.75. The van der Waals surface area contributed by atoms with Crippen LogP contribution in [0, 0.1) is 12.7 Å². The van der Waals surface area contributed by atoms with Gasteiger partial charge in [0.05, 0.1) is 5.69 Å². The number of hydrogen-bond donors (Lipinski definition) is 0. The molecular formula is C19H13FN4O2. The Morgan fingerprint density at radius 3 is 2.65 bits per heavy atom. The van der Waals surface area contributed by atoms with Crippen molar-refractivity contribution in [3.63, 3.8) is 0 Å². The van der Waals surface area contributed by atoms with Gasteiger partial charge in [-0.05, 0) is 25.1 Å². The highest BCUT2D eigenvalue weighted by Gasteiger charge is 2.16. The van der Waals surface area contributed by atoms with E-state index in [9.17, 15) is 9.18 Å². The van der Waals surface area contributed by atoms with Crippen LogP contribution in [-0.2, 0) is 0 Å². The van der Waals surface area contributed by atoms with Crippen LogP contribution in [0.2, 0.25) is 0 Å². The molecule has 0 aliphatic carbocycles. The summed E-state index contributed by atoms with van der Waals surface area (Å²) in [6, 6.07) is 14.8. The Morgan fingerprint density at radius 2 is 1.88 bits per heavy atom. The molecule has 0 aliphatic heterocycles. The van der Waals surface area contributed by atoms with Crippen LogP contribution in [0.1, 0.15) is 5.56 Å². The molecule has 0 unspecified atom stereocenters. The van der Waals surface area contributed by atoms with E-state index in [4.69, 9.17) is 4.52 Å². The van der Waals surface area contributed by atoms with Gasteiger partial charge in [0.1, 0.15) is 5.82 Å². The highest BCUT2D eigenvalue weighted by molar-refractivity contribution is 5.58. The summed E-state index contributed by atoms with van der Waals surface area (Å²) >= 11 is 0. The van der Waals surface area contributed by atoms with Gasteiger partial charge in [-0.1, -0.05) is 41.1 Å². The average molecular weight is 348 g/mol. The zero-order valence-corrected chi connectivity index (χ0v) is 13.8. The second-order valence-electron chi connectivity index (χ2n) is 5.74. The van der Waals surface area contributed by atoms with Crippen molar-refractivity contribution in [1.29, 1.82) is 0 Å². The molecule has 0 saturated heterocycles. The van der Waals surface area contributed by atoms with E-state index in [0.717, 1.165) is 11.1 Å². The molecule has 0 aliphatic rings. The van der Waals surface area contributed by atoms with Crippen LogP contribution in [0.25, 0.3) is 28.7 Å². The van der Waals surface area contributed by atoms with Crippen LogP contribution >= 0.6 is 0 Å². The van der Waals surface area contributed by atoms with Crippen LogP contribution in [-0.4, -0.2) is 19.9 Å². The van der Waals surface area contributed by atoms with E-state index in [1.54, 1.807) is 12.1 Å². The van der Waals surface area contributed by atoms with Gasteiger partial charge in [0.25, 0.3) is 5.89 Å². The smallest absolute Gasteiger partial charge is 0.282 e. The zero-order valence-electron chi connectivity index (χ0n) is 13.8. The largest absolute Gasteiger partial charge is 0.332 e. The molecule has 6 nitrogen and oxygen atoms in total. The van der Waals surface area contributed by atoms with Gasteiger partial charge in [0, 0.05) is 17.8 Å². The number of aromatic nitrogens is 4. The van der Waals surface area contributed by atoms with E-state index in [2.05, 4.69) is 15.2 Å². The van der Waals surface area contributed by atoms with Crippen molar-refractivity contribution < 1.29 is 8.91 Å². The third kappa shape index (κ3) is 3.02. The summed E-state index contributed by atoms with van der Waals surface area (Å²) in [7, 11) is 0. The summed E-state index contributed by atoms with van der Waals surface area (Å²) in [5.41, 5.74) is 2.00. The van der Waals surface area contributed by atoms with Crippen LogP contribution in [0.5, 0.6) is 0 Å².